The predicted molar refractivity (Wildman–Crippen MR) is 91.4 cm³/mol. The molecule has 2 fully saturated rings. The molecule has 2 aromatic heterocycles. The third-order valence-electron chi connectivity index (χ3n) is 4.40. The molecule has 0 aliphatic carbocycles. The highest BCUT2D eigenvalue weighted by molar-refractivity contribution is 5.88. The first kappa shape index (κ1) is 15.3. The Morgan fingerprint density at radius 2 is 1.68 bits per heavy atom. The number of aryl methyl sites for hydroxylation is 1. The minimum atomic E-state index is 0.952. The number of anilines is 1. The number of hydrogen-bond acceptors (Lipinski definition) is 4. The Morgan fingerprint density at radius 1 is 0.955 bits per heavy atom. The van der Waals surface area contributed by atoms with Gasteiger partial charge in [0.2, 0.25) is 0 Å². The SMILES string of the molecule is C1CCNCC1.Cc1cc2c(N3CCCCC3)ncnc2[nH]1. The third-order valence-corrected chi connectivity index (χ3v) is 4.40. The van der Waals surface area contributed by atoms with Gasteiger partial charge in [0.1, 0.15) is 17.8 Å². The van der Waals surface area contributed by atoms with Crippen LogP contribution in [0.2, 0.25) is 0 Å². The van der Waals surface area contributed by atoms with Crippen LogP contribution in [0.5, 0.6) is 0 Å². The summed E-state index contributed by atoms with van der Waals surface area (Å²) in [6.07, 6.45) is 9.76. The Labute approximate surface area is 132 Å². The number of nitrogens with zero attached hydrogens (tertiary/aromatic N) is 3. The van der Waals surface area contributed by atoms with Gasteiger partial charge in [0, 0.05) is 18.8 Å². The molecule has 0 unspecified atom stereocenters. The molecule has 0 saturated carbocycles. The number of nitrogens with one attached hydrogen (secondary N) is 2. The smallest absolute Gasteiger partial charge is 0.143 e. The van der Waals surface area contributed by atoms with E-state index in [2.05, 4.69) is 38.2 Å². The number of piperidine rings is 2. The Kier molecular flexibility index (Phi) is 5.27. The number of aromatic nitrogens is 3. The molecular weight excluding hydrogens is 274 g/mol. The zero-order valence-corrected chi connectivity index (χ0v) is 13.6. The molecule has 2 aliphatic heterocycles. The summed E-state index contributed by atoms with van der Waals surface area (Å²) in [4.78, 5) is 14.3. The molecular formula is C17H27N5. The molecule has 120 valence electrons. The Hall–Kier alpha value is -1.62. The average molecular weight is 301 g/mol. The summed E-state index contributed by atoms with van der Waals surface area (Å²) in [6, 6.07) is 2.14. The summed E-state index contributed by atoms with van der Waals surface area (Å²) in [6.45, 7) is 6.80. The zero-order valence-electron chi connectivity index (χ0n) is 13.6. The van der Waals surface area contributed by atoms with Crippen molar-refractivity contribution in [3.63, 3.8) is 0 Å². The van der Waals surface area contributed by atoms with Crippen LogP contribution in [0, 0.1) is 6.92 Å². The quantitative estimate of drug-likeness (QED) is 0.850. The van der Waals surface area contributed by atoms with E-state index in [1.807, 2.05) is 0 Å². The van der Waals surface area contributed by atoms with E-state index in [0.29, 0.717) is 0 Å². The zero-order chi connectivity index (χ0) is 15.2. The van der Waals surface area contributed by atoms with Gasteiger partial charge in [-0.25, -0.2) is 9.97 Å². The minimum Gasteiger partial charge on any atom is -0.356 e. The van der Waals surface area contributed by atoms with Crippen molar-refractivity contribution in [1.29, 1.82) is 0 Å². The Morgan fingerprint density at radius 3 is 2.32 bits per heavy atom. The first-order valence-corrected chi connectivity index (χ1v) is 8.60. The van der Waals surface area contributed by atoms with Crippen LogP contribution in [0.1, 0.15) is 44.2 Å². The molecule has 0 radical (unpaired) electrons. The van der Waals surface area contributed by atoms with E-state index in [1.54, 1.807) is 6.33 Å². The molecule has 5 nitrogen and oxygen atoms in total. The van der Waals surface area contributed by atoms with Crippen molar-refractivity contribution in [2.75, 3.05) is 31.1 Å². The molecule has 4 heterocycles. The molecule has 2 aromatic rings. The van der Waals surface area contributed by atoms with Crippen LogP contribution >= 0.6 is 0 Å². The maximum atomic E-state index is 4.44. The van der Waals surface area contributed by atoms with E-state index in [9.17, 15) is 0 Å². The van der Waals surface area contributed by atoms with E-state index in [4.69, 9.17) is 0 Å². The molecule has 4 rings (SSSR count). The molecule has 0 amide bonds. The highest BCUT2D eigenvalue weighted by atomic mass is 15.2. The molecule has 2 saturated heterocycles. The van der Waals surface area contributed by atoms with Crippen LogP contribution in [-0.4, -0.2) is 41.1 Å². The average Bonchev–Trinajstić information content (AvgIpc) is 2.98. The van der Waals surface area contributed by atoms with Crippen LogP contribution in [0.3, 0.4) is 0 Å². The van der Waals surface area contributed by atoms with Gasteiger partial charge in [0.15, 0.2) is 0 Å². The largest absolute Gasteiger partial charge is 0.356 e. The number of hydrogen-bond donors (Lipinski definition) is 2. The number of H-pyrrole nitrogens is 1. The molecule has 2 aliphatic rings. The molecule has 0 aromatic carbocycles. The lowest BCUT2D eigenvalue weighted by Crippen LogP contribution is -2.30. The second kappa shape index (κ2) is 7.58. The maximum Gasteiger partial charge on any atom is 0.143 e. The molecule has 0 bridgehead atoms. The van der Waals surface area contributed by atoms with Crippen LogP contribution in [0.4, 0.5) is 5.82 Å². The summed E-state index contributed by atoms with van der Waals surface area (Å²) >= 11 is 0. The van der Waals surface area contributed by atoms with E-state index in [1.165, 1.54) is 51.6 Å². The van der Waals surface area contributed by atoms with Crippen LogP contribution < -0.4 is 10.2 Å². The second-order valence-electron chi connectivity index (χ2n) is 6.27. The first-order chi connectivity index (χ1) is 10.8. The van der Waals surface area contributed by atoms with Crippen molar-refractivity contribution in [2.24, 2.45) is 0 Å². The third kappa shape index (κ3) is 3.77. The van der Waals surface area contributed by atoms with Gasteiger partial charge in [-0.3, -0.25) is 0 Å². The fourth-order valence-electron chi connectivity index (χ4n) is 3.22. The second-order valence-corrected chi connectivity index (χ2v) is 6.27. The van der Waals surface area contributed by atoms with Gasteiger partial charge in [-0.15, -0.1) is 0 Å². The lowest BCUT2D eigenvalue weighted by Gasteiger charge is -2.27. The van der Waals surface area contributed by atoms with Crippen molar-refractivity contribution < 1.29 is 0 Å². The molecule has 0 atom stereocenters. The molecule has 2 N–H and O–H groups in total. The maximum absolute atomic E-state index is 4.44. The van der Waals surface area contributed by atoms with Gasteiger partial charge < -0.3 is 15.2 Å². The van der Waals surface area contributed by atoms with Gasteiger partial charge in [0.25, 0.3) is 0 Å². The highest BCUT2D eigenvalue weighted by Gasteiger charge is 2.15. The predicted octanol–water partition coefficient (Wildman–Crippen LogP) is 3.02. The van der Waals surface area contributed by atoms with Gasteiger partial charge in [-0.2, -0.15) is 0 Å². The van der Waals surface area contributed by atoms with Gasteiger partial charge >= 0.3 is 0 Å². The Balaban J connectivity index is 0.000000202. The minimum absolute atomic E-state index is 0.952. The fraction of sp³-hybridized carbons (Fsp3) is 0.647. The summed E-state index contributed by atoms with van der Waals surface area (Å²) in [7, 11) is 0. The number of fused-ring (bicyclic) bond motifs is 1. The lowest BCUT2D eigenvalue weighted by atomic mass is 10.1. The monoisotopic (exact) mass is 301 g/mol. The normalized spacial score (nSPS) is 18.9. The van der Waals surface area contributed by atoms with E-state index in [-0.39, 0.29) is 0 Å². The molecule has 22 heavy (non-hydrogen) atoms. The van der Waals surface area contributed by atoms with Gasteiger partial charge in [-0.05, 0) is 58.2 Å². The highest BCUT2D eigenvalue weighted by Crippen LogP contribution is 2.25. The van der Waals surface area contributed by atoms with E-state index >= 15 is 0 Å². The van der Waals surface area contributed by atoms with E-state index < -0.39 is 0 Å². The number of aromatic amines is 1. The van der Waals surface area contributed by atoms with Crippen LogP contribution in [0.15, 0.2) is 12.4 Å². The van der Waals surface area contributed by atoms with Crippen molar-refractivity contribution in [2.45, 2.75) is 45.4 Å². The first-order valence-electron chi connectivity index (χ1n) is 8.60. The van der Waals surface area contributed by atoms with Crippen molar-refractivity contribution in [3.05, 3.63) is 18.1 Å². The lowest BCUT2D eigenvalue weighted by molar-refractivity contribution is 0.520. The van der Waals surface area contributed by atoms with Crippen molar-refractivity contribution in [1.82, 2.24) is 20.3 Å². The molecule has 5 heteroatoms. The topological polar surface area (TPSA) is 56.8 Å². The van der Waals surface area contributed by atoms with E-state index in [0.717, 1.165) is 35.6 Å². The summed E-state index contributed by atoms with van der Waals surface area (Å²) in [5, 5.41) is 4.44. The summed E-state index contributed by atoms with van der Waals surface area (Å²) < 4.78 is 0. The summed E-state index contributed by atoms with van der Waals surface area (Å²) in [5.41, 5.74) is 2.10. The summed E-state index contributed by atoms with van der Waals surface area (Å²) in [5.74, 6) is 1.09. The van der Waals surface area contributed by atoms with Crippen LogP contribution in [-0.2, 0) is 0 Å². The Bertz CT molecular complexity index is 570. The van der Waals surface area contributed by atoms with Gasteiger partial charge in [-0.1, -0.05) is 6.42 Å². The standard InChI is InChI=1S/C12H16N4.C5H11N/c1-9-7-10-11(15-9)13-8-14-12(10)16-5-3-2-4-6-16;1-2-4-6-5-3-1/h7-8H,2-6H2,1H3,(H,13,14,15);6H,1-5H2. The van der Waals surface area contributed by atoms with Gasteiger partial charge in [0.05, 0.1) is 5.39 Å². The van der Waals surface area contributed by atoms with Crippen molar-refractivity contribution >= 4 is 16.9 Å². The molecule has 0 spiro atoms. The fourth-order valence-corrected chi connectivity index (χ4v) is 3.22. The van der Waals surface area contributed by atoms with Crippen LogP contribution in [0.25, 0.3) is 11.0 Å². The number of rotatable bonds is 1. The van der Waals surface area contributed by atoms with Crippen molar-refractivity contribution in [3.8, 4) is 0 Å².